The number of carbonyl (C=O) groups is 2. The number of hydrogen-bond donors (Lipinski definition) is 1. The molecule has 2 rings (SSSR count). The number of rotatable bonds is 4. The average Bonchev–Trinajstić information content (AvgIpc) is 2.69. The highest BCUT2D eigenvalue weighted by Gasteiger charge is 2.28. The molecule has 1 atom stereocenters. The van der Waals surface area contributed by atoms with Gasteiger partial charge in [-0.1, -0.05) is 12.8 Å². The van der Waals surface area contributed by atoms with Gasteiger partial charge in [0.1, 0.15) is 0 Å². The molecule has 2 fully saturated rings. The number of carbonyl (C=O) groups excluding carboxylic acids is 1. The van der Waals surface area contributed by atoms with Gasteiger partial charge in [-0.25, -0.2) is 0 Å². The molecule has 0 radical (unpaired) electrons. The Morgan fingerprint density at radius 1 is 1.10 bits per heavy atom. The van der Waals surface area contributed by atoms with Crippen molar-refractivity contribution in [3.8, 4) is 0 Å². The monoisotopic (exact) mass is 300 g/mol. The molecule has 2 saturated heterocycles. The molecule has 0 aromatic carbocycles. The number of carboxylic acid groups (broad SMARTS) is 1. The van der Waals surface area contributed by atoms with Gasteiger partial charge in [-0.15, -0.1) is 0 Å². The van der Waals surface area contributed by atoms with Crippen LogP contribution in [-0.2, 0) is 9.59 Å². The Kier molecular flexibility index (Phi) is 6.16. The van der Waals surface area contributed by atoms with Crippen molar-refractivity contribution in [3.63, 3.8) is 0 Å². The van der Waals surface area contributed by atoms with Crippen molar-refractivity contribution >= 4 is 23.6 Å². The van der Waals surface area contributed by atoms with Crippen molar-refractivity contribution < 1.29 is 14.7 Å². The smallest absolute Gasteiger partial charge is 0.304 e. The van der Waals surface area contributed by atoms with Crippen molar-refractivity contribution in [3.05, 3.63) is 0 Å². The molecule has 0 spiro atoms. The molecule has 0 aromatic rings. The van der Waals surface area contributed by atoms with E-state index in [0.717, 1.165) is 44.0 Å². The van der Waals surface area contributed by atoms with Gasteiger partial charge in [0.15, 0.2) is 0 Å². The summed E-state index contributed by atoms with van der Waals surface area (Å²) in [6.07, 6.45) is 4.76. The largest absolute Gasteiger partial charge is 0.481 e. The zero-order chi connectivity index (χ0) is 14.4. The minimum Gasteiger partial charge on any atom is -0.481 e. The molecule has 1 amide bonds. The molecule has 2 heterocycles. The number of likely N-dealkylation sites (tertiary alicyclic amines) is 1. The zero-order valence-corrected chi connectivity index (χ0v) is 12.7. The molecule has 1 N–H and O–H groups in total. The summed E-state index contributed by atoms with van der Waals surface area (Å²) in [6, 6.07) is 0.00202. The molecule has 0 saturated carbocycles. The van der Waals surface area contributed by atoms with Crippen LogP contribution in [0.4, 0.5) is 0 Å². The van der Waals surface area contributed by atoms with E-state index < -0.39 is 5.97 Å². The third-order valence-corrected chi connectivity index (χ3v) is 5.15. The van der Waals surface area contributed by atoms with Gasteiger partial charge in [0.25, 0.3) is 0 Å². The Morgan fingerprint density at radius 3 is 2.45 bits per heavy atom. The van der Waals surface area contributed by atoms with Crippen LogP contribution in [0, 0.1) is 0 Å². The van der Waals surface area contributed by atoms with Crippen LogP contribution in [0.15, 0.2) is 0 Å². The van der Waals surface area contributed by atoms with E-state index in [1.54, 1.807) is 11.8 Å². The van der Waals surface area contributed by atoms with Crippen LogP contribution in [0.3, 0.4) is 0 Å². The second-order valence-corrected chi connectivity index (χ2v) is 6.74. The first-order valence-corrected chi connectivity index (χ1v) is 8.63. The lowest BCUT2D eigenvalue weighted by Crippen LogP contribution is -2.49. The maximum atomic E-state index is 12.4. The lowest BCUT2D eigenvalue weighted by molar-refractivity contribution is -0.140. The quantitative estimate of drug-likeness (QED) is 0.847. The summed E-state index contributed by atoms with van der Waals surface area (Å²) >= 11 is 1.78. The Morgan fingerprint density at radius 2 is 1.80 bits per heavy atom. The van der Waals surface area contributed by atoms with E-state index in [1.165, 1.54) is 12.8 Å². The molecular formula is C14H24N2O3S. The summed E-state index contributed by atoms with van der Waals surface area (Å²) in [5.41, 5.74) is 0. The predicted octanol–water partition coefficient (Wildman–Crippen LogP) is 1.28. The van der Waals surface area contributed by atoms with Gasteiger partial charge >= 0.3 is 5.97 Å². The lowest BCUT2D eigenvalue weighted by atomic mass is 10.2. The normalized spacial score (nSPS) is 25.2. The van der Waals surface area contributed by atoms with Crippen molar-refractivity contribution in [1.29, 1.82) is 0 Å². The minimum atomic E-state index is -0.773. The summed E-state index contributed by atoms with van der Waals surface area (Å²) in [6.45, 7) is 2.94. The summed E-state index contributed by atoms with van der Waals surface area (Å²) in [5.74, 6) is 1.21. The minimum absolute atomic E-state index is 0.00202. The highest BCUT2D eigenvalue weighted by Crippen LogP contribution is 2.19. The van der Waals surface area contributed by atoms with E-state index in [4.69, 9.17) is 5.11 Å². The fraction of sp³-hybridized carbons (Fsp3) is 0.857. The van der Waals surface area contributed by atoms with E-state index >= 15 is 0 Å². The Hall–Kier alpha value is -0.750. The maximum Gasteiger partial charge on any atom is 0.304 e. The van der Waals surface area contributed by atoms with Gasteiger partial charge < -0.3 is 10.0 Å². The molecule has 2 aliphatic rings. The van der Waals surface area contributed by atoms with Crippen molar-refractivity contribution in [2.45, 2.75) is 38.1 Å². The van der Waals surface area contributed by atoms with Crippen molar-refractivity contribution in [2.24, 2.45) is 0 Å². The van der Waals surface area contributed by atoms with Crippen LogP contribution in [0.25, 0.3) is 0 Å². The van der Waals surface area contributed by atoms with Gasteiger partial charge in [0, 0.05) is 37.2 Å². The molecular weight excluding hydrogens is 276 g/mol. The molecule has 2 aliphatic heterocycles. The summed E-state index contributed by atoms with van der Waals surface area (Å²) in [5, 5.41) is 8.97. The predicted molar refractivity (Wildman–Crippen MR) is 80.0 cm³/mol. The number of nitrogens with zero attached hydrogens (tertiary/aromatic N) is 2. The number of carboxylic acids is 1. The molecule has 114 valence electrons. The summed E-state index contributed by atoms with van der Waals surface area (Å²) in [4.78, 5) is 27.3. The first-order valence-electron chi connectivity index (χ1n) is 7.48. The average molecular weight is 300 g/mol. The third kappa shape index (κ3) is 4.66. The summed E-state index contributed by atoms with van der Waals surface area (Å²) in [7, 11) is 0. The molecule has 5 nitrogen and oxygen atoms in total. The van der Waals surface area contributed by atoms with Crippen LogP contribution in [0.1, 0.15) is 32.1 Å². The van der Waals surface area contributed by atoms with Crippen LogP contribution >= 0.6 is 11.8 Å². The first kappa shape index (κ1) is 15.6. The number of hydrogen-bond acceptors (Lipinski definition) is 4. The van der Waals surface area contributed by atoms with Gasteiger partial charge in [-0.05, 0) is 12.8 Å². The Bertz CT molecular complexity index is 343. The van der Waals surface area contributed by atoms with E-state index in [9.17, 15) is 9.59 Å². The number of amides is 1. The highest BCUT2D eigenvalue weighted by atomic mass is 32.2. The molecule has 0 bridgehead atoms. The molecule has 1 unspecified atom stereocenters. The Balaban J connectivity index is 1.88. The van der Waals surface area contributed by atoms with Crippen LogP contribution in [0.2, 0.25) is 0 Å². The topological polar surface area (TPSA) is 60.9 Å². The fourth-order valence-electron chi connectivity index (χ4n) is 2.88. The molecule has 0 aliphatic carbocycles. The Labute approximate surface area is 124 Å². The number of thioether (sulfide) groups is 1. The van der Waals surface area contributed by atoms with E-state index in [1.807, 2.05) is 4.90 Å². The first-order chi connectivity index (χ1) is 9.66. The molecule has 6 heteroatoms. The van der Waals surface area contributed by atoms with E-state index in [2.05, 4.69) is 4.90 Å². The van der Waals surface area contributed by atoms with Crippen LogP contribution < -0.4 is 0 Å². The zero-order valence-electron chi connectivity index (χ0n) is 11.9. The standard InChI is InChI=1S/C14H24N2O3S/c17-13(15-5-3-1-2-4-6-15)10-16-7-8-20-11-12(16)9-14(18)19/h12H,1-11H2,(H,18,19). The third-order valence-electron chi connectivity index (χ3n) is 4.06. The van der Waals surface area contributed by atoms with Crippen molar-refractivity contribution in [2.75, 3.05) is 37.7 Å². The molecule has 20 heavy (non-hydrogen) atoms. The van der Waals surface area contributed by atoms with Gasteiger partial charge in [-0.3, -0.25) is 14.5 Å². The maximum absolute atomic E-state index is 12.4. The second kappa shape index (κ2) is 7.88. The van der Waals surface area contributed by atoms with Gasteiger partial charge in [0.05, 0.1) is 13.0 Å². The van der Waals surface area contributed by atoms with Gasteiger partial charge in [-0.2, -0.15) is 11.8 Å². The van der Waals surface area contributed by atoms with Crippen LogP contribution in [0.5, 0.6) is 0 Å². The molecule has 0 aromatic heterocycles. The summed E-state index contributed by atoms with van der Waals surface area (Å²) < 4.78 is 0. The lowest BCUT2D eigenvalue weighted by Gasteiger charge is -2.35. The van der Waals surface area contributed by atoms with E-state index in [0.29, 0.717) is 6.54 Å². The van der Waals surface area contributed by atoms with Crippen molar-refractivity contribution in [1.82, 2.24) is 9.80 Å². The highest BCUT2D eigenvalue weighted by molar-refractivity contribution is 7.99. The number of aliphatic carboxylic acids is 1. The second-order valence-electron chi connectivity index (χ2n) is 5.59. The fourth-order valence-corrected chi connectivity index (χ4v) is 4.01. The SMILES string of the molecule is O=C(O)CC1CSCCN1CC(=O)N1CCCCCC1. The van der Waals surface area contributed by atoms with E-state index in [-0.39, 0.29) is 18.4 Å². The van der Waals surface area contributed by atoms with Gasteiger partial charge in [0.2, 0.25) is 5.91 Å². The van der Waals surface area contributed by atoms with Crippen LogP contribution in [-0.4, -0.2) is 70.5 Å².